The van der Waals surface area contributed by atoms with E-state index in [1.165, 1.54) is 0 Å². The van der Waals surface area contributed by atoms with Crippen LogP contribution >= 0.6 is 0 Å². The Hall–Kier alpha value is -0.830. The number of hydrogen-bond acceptors (Lipinski definition) is 3. The fraction of sp³-hybridized carbons (Fsp3) is 0.250. The molecule has 0 aromatic heterocycles. The van der Waals surface area contributed by atoms with Gasteiger partial charge in [0.05, 0.1) is 0 Å². The standard InChI is InChI=1S/C4H7N3/c5-4-3-6-1-2-7-4/h1-4,7H,5H2. The van der Waals surface area contributed by atoms with Crippen molar-refractivity contribution in [3.63, 3.8) is 0 Å². The van der Waals surface area contributed by atoms with Gasteiger partial charge in [-0.05, 0) is 0 Å². The number of nitrogens with zero attached hydrogens (tertiary/aromatic N) is 1. The van der Waals surface area contributed by atoms with Crippen LogP contribution in [0.15, 0.2) is 17.4 Å². The van der Waals surface area contributed by atoms with E-state index in [0.29, 0.717) is 0 Å². The summed E-state index contributed by atoms with van der Waals surface area (Å²) < 4.78 is 0. The average molecular weight is 97.1 g/mol. The van der Waals surface area contributed by atoms with Crippen LogP contribution in [0.5, 0.6) is 0 Å². The number of nitrogens with two attached hydrogens (primary N) is 1. The molecule has 3 N–H and O–H groups in total. The van der Waals surface area contributed by atoms with Gasteiger partial charge in [-0.1, -0.05) is 0 Å². The van der Waals surface area contributed by atoms with Gasteiger partial charge in [-0.2, -0.15) is 0 Å². The summed E-state index contributed by atoms with van der Waals surface area (Å²) in [4.78, 5) is 3.77. The monoisotopic (exact) mass is 97.1 g/mol. The third-order valence-electron chi connectivity index (χ3n) is 0.696. The summed E-state index contributed by atoms with van der Waals surface area (Å²) in [6.45, 7) is 0. The Balaban J connectivity index is 2.49. The van der Waals surface area contributed by atoms with E-state index in [1.807, 2.05) is 0 Å². The van der Waals surface area contributed by atoms with Crippen molar-refractivity contribution in [2.75, 3.05) is 0 Å². The highest BCUT2D eigenvalue weighted by Gasteiger charge is 1.91. The Bertz CT molecular complexity index is 106. The minimum absolute atomic E-state index is 0.0926. The molecule has 0 aromatic carbocycles. The molecule has 38 valence electrons. The average Bonchev–Trinajstić information content (AvgIpc) is 1.69. The highest BCUT2D eigenvalue weighted by atomic mass is 15.0. The minimum atomic E-state index is -0.0926. The first kappa shape index (κ1) is 4.33. The molecule has 3 nitrogen and oxygen atoms in total. The quantitative estimate of drug-likeness (QED) is 0.424. The summed E-state index contributed by atoms with van der Waals surface area (Å²) in [6.07, 6.45) is 4.92. The molecule has 1 atom stereocenters. The third-order valence-corrected chi connectivity index (χ3v) is 0.696. The predicted octanol–water partition coefficient (Wildman–Crippen LogP) is -0.584. The summed E-state index contributed by atoms with van der Waals surface area (Å²) in [5, 5.41) is 2.83. The van der Waals surface area contributed by atoms with E-state index in [1.54, 1.807) is 18.6 Å². The second-order valence-corrected chi connectivity index (χ2v) is 1.31. The molecule has 1 aliphatic rings. The van der Waals surface area contributed by atoms with Gasteiger partial charge < -0.3 is 11.1 Å². The van der Waals surface area contributed by atoms with Crippen molar-refractivity contribution < 1.29 is 0 Å². The van der Waals surface area contributed by atoms with Crippen molar-refractivity contribution in [3.05, 3.63) is 12.4 Å². The Morgan fingerprint density at radius 1 is 1.71 bits per heavy atom. The van der Waals surface area contributed by atoms with E-state index >= 15 is 0 Å². The Labute approximate surface area is 41.9 Å². The second kappa shape index (κ2) is 1.75. The SMILES string of the molecule is NC1C=NC=CN1. The van der Waals surface area contributed by atoms with Crippen LogP contribution in [0.3, 0.4) is 0 Å². The van der Waals surface area contributed by atoms with Gasteiger partial charge in [0.25, 0.3) is 0 Å². The van der Waals surface area contributed by atoms with E-state index in [2.05, 4.69) is 10.3 Å². The lowest BCUT2D eigenvalue weighted by atomic mass is 10.5. The summed E-state index contributed by atoms with van der Waals surface area (Å²) in [6, 6.07) is 0. The summed E-state index contributed by atoms with van der Waals surface area (Å²) in [5.41, 5.74) is 5.32. The molecule has 0 radical (unpaired) electrons. The first-order valence-corrected chi connectivity index (χ1v) is 2.09. The lowest BCUT2D eigenvalue weighted by Crippen LogP contribution is -2.36. The van der Waals surface area contributed by atoms with E-state index in [0.717, 1.165) is 0 Å². The van der Waals surface area contributed by atoms with Crippen LogP contribution in [0, 0.1) is 0 Å². The van der Waals surface area contributed by atoms with Crippen LogP contribution in [-0.4, -0.2) is 12.4 Å². The lowest BCUT2D eigenvalue weighted by Gasteiger charge is -2.06. The van der Waals surface area contributed by atoms with Gasteiger partial charge in [0.15, 0.2) is 0 Å². The van der Waals surface area contributed by atoms with E-state index < -0.39 is 0 Å². The van der Waals surface area contributed by atoms with Crippen molar-refractivity contribution in [1.82, 2.24) is 5.32 Å². The molecule has 0 fully saturated rings. The molecule has 0 aliphatic carbocycles. The van der Waals surface area contributed by atoms with Crippen LogP contribution < -0.4 is 11.1 Å². The fourth-order valence-electron chi connectivity index (χ4n) is 0.383. The highest BCUT2D eigenvalue weighted by Crippen LogP contribution is 1.78. The molecule has 1 aliphatic heterocycles. The van der Waals surface area contributed by atoms with Crippen LogP contribution in [0.2, 0.25) is 0 Å². The topological polar surface area (TPSA) is 50.4 Å². The molecule has 1 unspecified atom stereocenters. The van der Waals surface area contributed by atoms with Gasteiger partial charge in [0, 0.05) is 18.6 Å². The molecule has 0 spiro atoms. The van der Waals surface area contributed by atoms with Gasteiger partial charge in [0.2, 0.25) is 0 Å². The number of nitrogens with one attached hydrogen (secondary N) is 1. The molecule has 1 heterocycles. The molecule has 0 saturated carbocycles. The minimum Gasteiger partial charge on any atom is -0.370 e. The van der Waals surface area contributed by atoms with Crippen LogP contribution in [0.25, 0.3) is 0 Å². The van der Waals surface area contributed by atoms with Crippen LogP contribution in [0.4, 0.5) is 0 Å². The normalized spacial score (nSPS) is 27.3. The molecule has 3 heteroatoms. The van der Waals surface area contributed by atoms with E-state index in [9.17, 15) is 0 Å². The van der Waals surface area contributed by atoms with Gasteiger partial charge in [-0.25, -0.2) is 0 Å². The molecule has 0 amide bonds. The number of rotatable bonds is 0. The van der Waals surface area contributed by atoms with Crippen molar-refractivity contribution in [1.29, 1.82) is 0 Å². The predicted molar refractivity (Wildman–Crippen MR) is 28.7 cm³/mol. The lowest BCUT2D eigenvalue weighted by molar-refractivity contribution is 0.773. The molecule has 0 aromatic rings. The molecule has 1 rings (SSSR count). The van der Waals surface area contributed by atoms with Gasteiger partial charge in [0.1, 0.15) is 6.17 Å². The zero-order chi connectivity index (χ0) is 5.11. The smallest absolute Gasteiger partial charge is 0.111 e. The molecule has 7 heavy (non-hydrogen) atoms. The summed E-state index contributed by atoms with van der Waals surface area (Å²) in [7, 11) is 0. The molecular formula is C4H7N3. The van der Waals surface area contributed by atoms with E-state index in [-0.39, 0.29) is 6.17 Å². The maximum absolute atomic E-state index is 5.32. The van der Waals surface area contributed by atoms with Gasteiger partial charge in [-0.15, -0.1) is 0 Å². The van der Waals surface area contributed by atoms with Crippen molar-refractivity contribution in [2.45, 2.75) is 6.17 Å². The first-order valence-electron chi connectivity index (χ1n) is 2.09. The summed E-state index contributed by atoms with van der Waals surface area (Å²) in [5.74, 6) is 0. The van der Waals surface area contributed by atoms with E-state index in [4.69, 9.17) is 5.73 Å². The first-order chi connectivity index (χ1) is 3.39. The summed E-state index contributed by atoms with van der Waals surface area (Å²) >= 11 is 0. The van der Waals surface area contributed by atoms with Gasteiger partial charge in [-0.3, -0.25) is 4.99 Å². The largest absolute Gasteiger partial charge is 0.370 e. The number of aliphatic imine (C=N–C) groups is 1. The fourth-order valence-corrected chi connectivity index (χ4v) is 0.383. The maximum Gasteiger partial charge on any atom is 0.111 e. The third kappa shape index (κ3) is 1.01. The highest BCUT2D eigenvalue weighted by molar-refractivity contribution is 5.65. The molecule has 0 saturated heterocycles. The second-order valence-electron chi connectivity index (χ2n) is 1.31. The van der Waals surface area contributed by atoms with Crippen molar-refractivity contribution in [2.24, 2.45) is 10.7 Å². The van der Waals surface area contributed by atoms with Crippen LogP contribution in [-0.2, 0) is 0 Å². The van der Waals surface area contributed by atoms with Crippen molar-refractivity contribution >= 4 is 6.21 Å². The zero-order valence-electron chi connectivity index (χ0n) is 3.83. The molecule has 0 bridgehead atoms. The Morgan fingerprint density at radius 2 is 2.57 bits per heavy atom. The molecular weight excluding hydrogens is 90.1 g/mol. The maximum atomic E-state index is 5.32. The zero-order valence-corrected chi connectivity index (χ0v) is 3.83. The Morgan fingerprint density at radius 3 is 2.86 bits per heavy atom. The Kier molecular flexibility index (Phi) is 1.08. The number of hydrogen-bond donors (Lipinski definition) is 2. The van der Waals surface area contributed by atoms with Crippen LogP contribution in [0.1, 0.15) is 0 Å². The van der Waals surface area contributed by atoms with Gasteiger partial charge >= 0.3 is 0 Å². The van der Waals surface area contributed by atoms with Crippen molar-refractivity contribution in [3.8, 4) is 0 Å².